The smallest absolute Gasteiger partial charge is 0.180 e. The Morgan fingerprint density at radius 3 is 2.69 bits per heavy atom. The summed E-state index contributed by atoms with van der Waals surface area (Å²) in [6, 6.07) is 7.11. The van der Waals surface area contributed by atoms with E-state index in [2.05, 4.69) is 9.97 Å². The number of nitrogens with zero attached hydrogens (tertiary/aromatic N) is 5. The van der Waals surface area contributed by atoms with Gasteiger partial charge < -0.3 is 19.5 Å². The van der Waals surface area contributed by atoms with Gasteiger partial charge in [-0.3, -0.25) is 14.8 Å². The summed E-state index contributed by atoms with van der Waals surface area (Å²) in [7, 11) is 3.46. The minimum Gasteiger partial charge on any atom is -0.495 e. The number of fused-ring (bicyclic) bond motifs is 1. The highest BCUT2D eigenvalue weighted by Crippen LogP contribution is 2.31. The van der Waals surface area contributed by atoms with Crippen molar-refractivity contribution in [1.29, 1.82) is 0 Å². The number of ketones is 1. The summed E-state index contributed by atoms with van der Waals surface area (Å²) in [4.78, 5) is 33.0. The fourth-order valence-electron chi connectivity index (χ4n) is 3.96. The van der Waals surface area contributed by atoms with Gasteiger partial charge in [0.1, 0.15) is 29.6 Å². The average molecular weight is 478 g/mol. The Morgan fingerprint density at radius 1 is 1.14 bits per heavy atom. The van der Waals surface area contributed by atoms with Crippen LogP contribution in [0.1, 0.15) is 37.2 Å². The Morgan fingerprint density at radius 2 is 1.97 bits per heavy atom. The first kappa shape index (κ1) is 24.5. The number of Topliss-reactive ketones (excluding diaryl/α,β-unsaturated/α-hetero) is 1. The van der Waals surface area contributed by atoms with Crippen LogP contribution in [0, 0.1) is 0 Å². The fraction of sp³-hybridized carbons (Fsp3) is 0.423. The molecule has 3 heterocycles. The predicted molar refractivity (Wildman–Crippen MR) is 132 cm³/mol. The van der Waals surface area contributed by atoms with Crippen molar-refractivity contribution in [3.8, 4) is 23.0 Å². The molecule has 0 atom stereocenters. The number of hydrogen-bond donors (Lipinski definition) is 1. The Balaban J connectivity index is 1.53. The SMILES string of the molecule is COc1ccc(CC(=O)CN(C)c2nc(-c3cc(OCC(C)(C)O)ccn3)nc3c2CCC3)nc1. The number of hydrogen-bond acceptors (Lipinski definition) is 9. The second-order valence-corrected chi connectivity index (χ2v) is 9.39. The van der Waals surface area contributed by atoms with Crippen molar-refractivity contribution in [3.05, 3.63) is 53.6 Å². The summed E-state index contributed by atoms with van der Waals surface area (Å²) in [5.74, 6) is 2.52. The van der Waals surface area contributed by atoms with E-state index in [-0.39, 0.29) is 25.4 Å². The molecule has 0 bridgehead atoms. The number of aryl methyl sites for hydroxylation is 1. The van der Waals surface area contributed by atoms with Gasteiger partial charge in [-0.05, 0) is 51.3 Å². The van der Waals surface area contributed by atoms with Gasteiger partial charge in [-0.1, -0.05) is 0 Å². The molecule has 0 saturated heterocycles. The Kier molecular flexibility index (Phi) is 7.25. The highest BCUT2D eigenvalue weighted by Gasteiger charge is 2.24. The average Bonchev–Trinajstić information content (AvgIpc) is 3.31. The molecular weight excluding hydrogens is 446 g/mol. The number of aromatic nitrogens is 4. The molecule has 4 rings (SSSR count). The Bertz CT molecular complexity index is 1190. The summed E-state index contributed by atoms with van der Waals surface area (Å²) in [5.41, 5.74) is 2.41. The van der Waals surface area contributed by atoms with Gasteiger partial charge in [0.05, 0.1) is 31.9 Å². The summed E-state index contributed by atoms with van der Waals surface area (Å²) in [6.45, 7) is 3.74. The van der Waals surface area contributed by atoms with Gasteiger partial charge in [-0.15, -0.1) is 0 Å². The van der Waals surface area contributed by atoms with Gasteiger partial charge in [0.25, 0.3) is 0 Å². The van der Waals surface area contributed by atoms with Crippen LogP contribution >= 0.6 is 0 Å². The maximum atomic E-state index is 12.8. The van der Waals surface area contributed by atoms with Crippen LogP contribution in [0.15, 0.2) is 36.7 Å². The van der Waals surface area contributed by atoms with Crippen LogP contribution in [0.3, 0.4) is 0 Å². The van der Waals surface area contributed by atoms with Crippen LogP contribution in [-0.2, 0) is 24.1 Å². The summed E-state index contributed by atoms with van der Waals surface area (Å²) in [5, 5.41) is 9.95. The molecule has 0 aromatic carbocycles. The number of carbonyl (C=O) groups is 1. The second kappa shape index (κ2) is 10.4. The summed E-state index contributed by atoms with van der Waals surface area (Å²) < 4.78 is 10.8. The van der Waals surface area contributed by atoms with Crippen molar-refractivity contribution < 1.29 is 19.4 Å². The van der Waals surface area contributed by atoms with Crippen molar-refractivity contribution in [2.24, 2.45) is 0 Å². The Labute approximate surface area is 205 Å². The quantitative estimate of drug-likeness (QED) is 0.471. The number of likely N-dealkylation sites (N-methyl/N-ethyl adjacent to an activating group) is 1. The maximum absolute atomic E-state index is 12.8. The third kappa shape index (κ3) is 6.30. The monoisotopic (exact) mass is 477 g/mol. The van der Waals surface area contributed by atoms with E-state index in [0.717, 1.165) is 36.3 Å². The minimum absolute atomic E-state index is 0.0391. The lowest BCUT2D eigenvalue weighted by atomic mass is 10.1. The van der Waals surface area contributed by atoms with Gasteiger partial charge >= 0.3 is 0 Å². The third-order valence-corrected chi connectivity index (χ3v) is 5.65. The zero-order valence-corrected chi connectivity index (χ0v) is 20.6. The highest BCUT2D eigenvalue weighted by atomic mass is 16.5. The van der Waals surface area contributed by atoms with Crippen molar-refractivity contribution in [2.75, 3.05) is 32.2 Å². The van der Waals surface area contributed by atoms with E-state index >= 15 is 0 Å². The van der Waals surface area contributed by atoms with Gasteiger partial charge in [-0.25, -0.2) is 9.97 Å². The van der Waals surface area contributed by atoms with E-state index in [1.54, 1.807) is 57.6 Å². The van der Waals surface area contributed by atoms with Crippen LogP contribution in [0.25, 0.3) is 11.5 Å². The molecule has 1 N–H and O–H groups in total. The maximum Gasteiger partial charge on any atom is 0.180 e. The minimum atomic E-state index is -0.947. The summed E-state index contributed by atoms with van der Waals surface area (Å²) >= 11 is 0. The standard InChI is InChI=1S/C26H31N5O4/c1-26(2,33)16-35-19-10-11-27-23(13-19)24-29-22-7-5-6-21(22)25(30-24)31(3)15-18(32)12-17-8-9-20(34-4)14-28-17/h8-11,13-14,33H,5-7,12,15-16H2,1-4H3. The number of aliphatic hydroxyl groups is 1. The zero-order valence-electron chi connectivity index (χ0n) is 20.6. The lowest BCUT2D eigenvalue weighted by molar-refractivity contribution is -0.117. The van der Waals surface area contributed by atoms with Crippen LogP contribution in [0.4, 0.5) is 5.82 Å². The molecule has 0 fully saturated rings. The molecule has 0 amide bonds. The molecule has 3 aromatic heterocycles. The van der Waals surface area contributed by atoms with Gasteiger partial charge in [0.2, 0.25) is 0 Å². The van der Waals surface area contributed by atoms with Crippen LogP contribution < -0.4 is 14.4 Å². The number of carbonyl (C=O) groups excluding carboxylic acids is 1. The molecule has 3 aromatic rings. The van der Waals surface area contributed by atoms with E-state index in [9.17, 15) is 9.90 Å². The first-order valence-electron chi connectivity index (χ1n) is 11.6. The topological polar surface area (TPSA) is 111 Å². The lowest BCUT2D eigenvalue weighted by Gasteiger charge is -2.21. The zero-order chi connectivity index (χ0) is 25.0. The van der Waals surface area contributed by atoms with Crippen molar-refractivity contribution >= 4 is 11.6 Å². The lowest BCUT2D eigenvalue weighted by Crippen LogP contribution is -2.29. The highest BCUT2D eigenvalue weighted by molar-refractivity contribution is 5.85. The first-order chi connectivity index (χ1) is 16.7. The molecule has 0 unspecified atom stereocenters. The molecule has 35 heavy (non-hydrogen) atoms. The van der Waals surface area contributed by atoms with Gasteiger partial charge in [0.15, 0.2) is 11.6 Å². The van der Waals surface area contributed by atoms with E-state index in [1.807, 2.05) is 11.9 Å². The van der Waals surface area contributed by atoms with Crippen LogP contribution in [0.2, 0.25) is 0 Å². The predicted octanol–water partition coefficient (Wildman–Crippen LogP) is 2.83. The molecule has 184 valence electrons. The second-order valence-electron chi connectivity index (χ2n) is 9.39. The summed E-state index contributed by atoms with van der Waals surface area (Å²) in [6.07, 6.45) is 6.23. The van der Waals surface area contributed by atoms with Crippen molar-refractivity contribution in [3.63, 3.8) is 0 Å². The molecule has 1 aliphatic rings. The number of ether oxygens (including phenoxy) is 2. The normalized spacial score (nSPS) is 12.8. The van der Waals surface area contributed by atoms with Crippen molar-refractivity contribution in [2.45, 2.75) is 45.1 Å². The fourth-order valence-corrected chi connectivity index (χ4v) is 3.96. The van der Waals surface area contributed by atoms with E-state index in [4.69, 9.17) is 19.4 Å². The third-order valence-electron chi connectivity index (χ3n) is 5.65. The molecule has 1 aliphatic carbocycles. The van der Waals surface area contributed by atoms with E-state index in [1.165, 1.54) is 0 Å². The van der Waals surface area contributed by atoms with Gasteiger partial charge in [0, 0.05) is 36.3 Å². The molecule has 9 nitrogen and oxygen atoms in total. The molecule has 0 saturated carbocycles. The van der Waals surface area contributed by atoms with E-state index in [0.29, 0.717) is 28.7 Å². The molecule has 0 aliphatic heterocycles. The molecule has 9 heteroatoms. The molecule has 0 radical (unpaired) electrons. The van der Waals surface area contributed by atoms with E-state index < -0.39 is 5.60 Å². The largest absolute Gasteiger partial charge is 0.495 e. The number of pyridine rings is 2. The number of anilines is 1. The van der Waals surface area contributed by atoms with Crippen LogP contribution in [0.5, 0.6) is 11.5 Å². The molecule has 0 spiro atoms. The number of rotatable bonds is 10. The van der Waals surface area contributed by atoms with Crippen LogP contribution in [-0.4, -0.2) is 63.7 Å². The first-order valence-corrected chi connectivity index (χ1v) is 11.6. The number of methoxy groups -OCH3 is 1. The molecular formula is C26H31N5O4. The van der Waals surface area contributed by atoms with Crippen molar-refractivity contribution in [1.82, 2.24) is 19.9 Å². The Hall–Kier alpha value is -3.59. The van der Waals surface area contributed by atoms with Gasteiger partial charge in [-0.2, -0.15) is 0 Å².